The molecule has 2 aromatic heterocycles. The van der Waals surface area contributed by atoms with E-state index < -0.39 is 0 Å². The molecule has 0 spiro atoms. The van der Waals surface area contributed by atoms with Crippen molar-refractivity contribution in [3.05, 3.63) is 66.1 Å². The van der Waals surface area contributed by atoms with Gasteiger partial charge in [-0.25, -0.2) is 4.98 Å². The summed E-state index contributed by atoms with van der Waals surface area (Å²) >= 11 is 0. The number of imidazole rings is 1. The lowest BCUT2D eigenvalue weighted by Crippen LogP contribution is -2.22. The maximum absolute atomic E-state index is 12.0. The van der Waals surface area contributed by atoms with Crippen LogP contribution in [0.5, 0.6) is 0 Å². The monoisotopic (exact) mass is 266 g/mol. The highest BCUT2D eigenvalue weighted by Gasteiger charge is 2.05. The Morgan fingerprint density at radius 1 is 1.20 bits per heavy atom. The van der Waals surface area contributed by atoms with Gasteiger partial charge in [0, 0.05) is 36.4 Å². The number of anilines is 1. The van der Waals surface area contributed by atoms with Crippen molar-refractivity contribution in [3.63, 3.8) is 0 Å². The van der Waals surface area contributed by atoms with Crippen molar-refractivity contribution < 1.29 is 4.79 Å². The summed E-state index contributed by atoms with van der Waals surface area (Å²) in [6.45, 7) is 0.465. The van der Waals surface area contributed by atoms with Gasteiger partial charge in [-0.15, -0.1) is 0 Å². The maximum atomic E-state index is 12.0. The van der Waals surface area contributed by atoms with Crippen molar-refractivity contribution in [2.24, 2.45) is 0 Å². The minimum atomic E-state index is -0.117. The SMILES string of the molecule is Nc1ccc(C(=O)NCc2ccn3ccnc3c2)cc1. The number of nitrogens with two attached hydrogens (primary N) is 1. The van der Waals surface area contributed by atoms with Gasteiger partial charge in [-0.05, 0) is 42.0 Å². The highest BCUT2D eigenvalue weighted by atomic mass is 16.1. The lowest BCUT2D eigenvalue weighted by Gasteiger charge is -2.06. The number of aromatic nitrogens is 2. The highest BCUT2D eigenvalue weighted by molar-refractivity contribution is 5.94. The first-order valence-corrected chi connectivity index (χ1v) is 6.28. The van der Waals surface area contributed by atoms with E-state index in [2.05, 4.69) is 10.3 Å². The summed E-state index contributed by atoms with van der Waals surface area (Å²) < 4.78 is 1.92. The van der Waals surface area contributed by atoms with Crippen molar-refractivity contribution in [1.82, 2.24) is 14.7 Å². The number of rotatable bonds is 3. The summed E-state index contributed by atoms with van der Waals surface area (Å²) in [4.78, 5) is 16.2. The number of hydrogen-bond acceptors (Lipinski definition) is 3. The van der Waals surface area contributed by atoms with E-state index in [9.17, 15) is 4.79 Å². The van der Waals surface area contributed by atoms with Crippen LogP contribution < -0.4 is 11.1 Å². The molecule has 0 fully saturated rings. The number of carbonyl (C=O) groups is 1. The van der Waals surface area contributed by atoms with E-state index in [-0.39, 0.29) is 5.91 Å². The minimum absolute atomic E-state index is 0.117. The second kappa shape index (κ2) is 5.05. The maximum Gasteiger partial charge on any atom is 0.251 e. The van der Waals surface area contributed by atoms with E-state index in [0.29, 0.717) is 17.8 Å². The summed E-state index contributed by atoms with van der Waals surface area (Å²) in [6.07, 6.45) is 5.55. The van der Waals surface area contributed by atoms with E-state index in [1.807, 2.05) is 28.9 Å². The Balaban J connectivity index is 1.69. The van der Waals surface area contributed by atoms with Gasteiger partial charge in [0.05, 0.1) is 0 Å². The molecule has 5 nitrogen and oxygen atoms in total. The van der Waals surface area contributed by atoms with Gasteiger partial charge < -0.3 is 15.5 Å². The molecule has 3 N–H and O–H groups in total. The number of nitrogens with one attached hydrogen (secondary N) is 1. The number of fused-ring (bicyclic) bond motifs is 1. The minimum Gasteiger partial charge on any atom is -0.399 e. The summed E-state index contributed by atoms with van der Waals surface area (Å²) in [5, 5.41) is 2.87. The molecule has 20 heavy (non-hydrogen) atoms. The third-order valence-corrected chi connectivity index (χ3v) is 3.09. The third-order valence-electron chi connectivity index (χ3n) is 3.09. The molecular weight excluding hydrogens is 252 g/mol. The summed E-state index contributed by atoms with van der Waals surface area (Å²) in [5.41, 5.74) is 8.71. The number of benzene rings is 1. The zero-order chi connectivity index (χ0) is 13.9. The fourth-order valence-corrected chi connectivity index (χ4v) is 1.98. The molecular formula is C15H14N4O. The Morgan fingerprint density at radius 3 is 2.80 bits per heavy atom. The van der Waals surface area contributed by atoms with Crippen LogP contribution in [0.25, 0.3) is 5.65 Å². The van der Waals surface area contributed by atoms with Crippen molar-refractivity contribution in [1.29, 1.82) is 0 Å². The molecule has 5 heteroatoms. The van der Waals surface area contributed by atoms with Crippen LogP contribution in [-0.2, 0) is 6.54 Å². The van der Waals surface area contributed by atoms with Gasteiger partial charge in [-0.1, -0.05) is 0 Å². The predicted octanol–water partition coefficient (Wildman–Crippen LogP) is 1.85. The Labute approximate surface area is 116 Å². The van der Waals surface area contributed by atoms with Crippen molar-refractivity contribution in [3.8, 4) is 0 Å². The van der Waals surface area contributed by atoms with E-state index in [0.717, 1.165) is 11.2 Å². The van der Waals surface area contributed by atoms with E-state index >= 15 is 0 Å². The molecule has 0 saturated carbocycles. The quantitative estimate of drug-likeness (QED) is 0.710. The predicted molar refractivity (Wildman–Crippen MR) is 77.2 cm³/mol. The lowest BCUT2D eigenvalue weighted by atomic mass is 10.2. The molecule has 1 aromatic carbocycles. The van der Waals surface area contributed by atoms with Crippen LogP contribution in [0.2, 0.25) is 0 Å². The van der Waals surface area contributed by atoms with Gasteiger partial charge in [-0.3, -0.25) is 4.79 Å². The van der Waals surface area contributed by atoms with Crippen molar-refractivity contribution in [2.75, 3.05) is 5.73 Å². The number of nitrogens with zero attached hydrogens (tertiary/aromatic N) is 2. The second-order valence-electron chi connectivity index (χ2n) is 4.53. The van der Waals surface area contributed by atoms with Crippen LogP contribution in [0, 0.1) is 0 Å². The smallest absolute Gasteiger partial charge is 0.251 e. The summed E-state index contributed by atoms with van der Waals surface area (Å²) in [5.74, 6) is -0.117. The van der Waals surface area contributed by atoms with Crippen LogP contribution in [0.3, 0.4) is 0 Å². The molecule has 0 unspecified atom stereocenters. The fraction of sp³-hybridized carbons (Fsp3) is 0.0667. The van der Waals surface area contributed by atoms with Gasteiger partial charge in [0.15, 0.2) is 0 Å². The number of nitrogen functional groups attached to an aromatic ring is 1. The number of hydrogen-bond donors (Lipinski definition) is 2. The summed E-state index contributed by atoms with van der Waals surface area (Å²) in [6, 6.07) is 10.8. The van der Waals surface area contributed by atoms with Crippen molar-refractivity contribution >= 4 is 17.2 Å². The van der Waals surface area contributed by atoms with E-state index in [1.54, 1.807) is 30.5 Å². The molecule has 0 radical (unpaired) electrons. The Hall–Kier alpha value is -2.82. The van der Waals surface area contributed by atoms with Crippen LogP contribution in [0.15, 0.2) is 55.0 Å². The van der Waals surface area contributed by atoms with Gasteiger partial charge in [-0.2, -0.15) is 0 Å². The van der Waals surface area contributed by atoms with Crippen LogP contribution in [-0.4, -0.2) is 15.3 Å². The van der Waals surface area contributed by atoms with E-state index in [4.69, 9.17) is 5.73 Å². The Bertz CT molecular complexity index is 746. The van der Waals surface area contributed by atoms with Crippen LogP contribution >= 0.6 is 0 Å². The Kier molecular flexibility index (Phi) is 3.09. The number of carbonyl (C=O) groups excluding carboxylic acids is 1. The van der Waals surface area contributed by atoms with Gasteiger partial charge in [0.1, 0.15) is 5.65 Å². The lowest BCUT2D eigenvalue weighted by molar-refractivity contribution is 0.0951. The molecule has 3 aromatic rings. The molecule has 3 rings (SSSR count). The van der Waals surface area contributed by atoms with Crippen molar-refractivity contribution in [2.45, 2.75) is 6.54 Å². The molecule has 0 atom stereocenters. The molecule has 1 amide bonds. The van der Waals surface area contributed by atoms with Crippen LogP contribution in [0.4, 0.5) is 5.69 Å². The third kappa shape index (κ3) is 2.47. The highest BCUT2D eigenvalue weighted by Crippen LogP contribution is 2.07. The first-order valence-electron chi connectivity index (χ1n) is 6.28. The van der Waals surface area contributed by atoms with Gasteiger partial charge >= 0.3 is 0 Å². The fourth-order valence-electron chi connectivity index (χ4n) is 1.98. The molecule has 0 bridgehead atoms. The average Bonchev–Trinajstić information content (AvgIpc) is 2.93. The average molecular weight is 266 g/mol. The zero-order valence-corrected chi connectivity index (χ0v) is 10.8. The second-order valence-corrected chi connectivity index (χ2v) is 4.53. The Morgan fingerprint density at radius 2 is 2.00 bits per heavy atom. The molecule has 0 aliphatic rings. The first kappa shape index (κ1) is 12.2. The molecule has 2 heterocycles. The van der Waals surface area contributed by atoms with Crippen LogP contribution in [0.1, 0.15) is 15.9 Å². The standard InChI is InChI=1S/C15H14N4O/c16-13-3-1-12(2-4-13)15(20)18-10-11-5-7-19-8-6-17-14(19)9-11/h1-9H,10,16H2,(H,18,20). The first-order chi connectivity index (χ1) is 9.72. The van der Waals surface area contributed by atoms with Gasteiger partial charge in [0.2, 0.25) is 0 Å². The van der Waals surface area contributed by atoms with E-state index in [1.165, 1.54) is 0 Å². The molecule has 100 valence electrons. The largest absolute Gasteiger partial charge is 0.399 e. The molecule has 0 aliphatic heterocycles. The summed E-state index contributed by atoms with van der Waals surface area (Å²) in [7, 11) is 0. The topological polar surface area (TPSA) is 72.4 Å². The normalized spacial score (nSPS) is 10.6. The zero-order valence-electron chi connectivity index (χ0n) is 10.8. The number of pyridine rings is 1. The molecule has 0 saturated heterocycles. The van der Waals surface area contributed by atoms with Gasteiger partial charge in [0.25, 0.3) is 5.91 Å². The number of amides is 1. The molecule has 0 aliphatic carbocycles.